The van der Waals surface area contributed by atoms with Crippen molar-refractivity contribution in [3.63, 3.8) is 0 Å². The molecule has 11 heteroatoms. The Bertz CT molecular complexity index is 1000. The zero-order chi connectivity index (χ0) is 22.9. The molecule has 2 rings (SSSR count). The van der Waals surface area contributed by atoms with E-state index in [-0.39, 0.29) is 22.4 Å². The first-order valence-electron chi connectivity index (χ1n) is 8.23. The van der Waals surface area contributed by atoms with Crippen LogP contribution in [-0.4, -0.2) is 30.6 Å². The lowest BCUT2D eigenvalue weighted by molar-refractivity contribution is -0.137. The molecule has 30 heavy (non-hydrogen) atoms. The van der Waals surface area contributed by atoms with Crippen LogP contribution in [0.1, 0.15) is 11.1 Å². The van der Waals surface area contributed by atoms with E-state index in [1.165, 1.54) is 41.6 Å². The van der Waals surface area contributed by atoms with E-state index in [0.717, 1.165) is 18.2 Å². The number of halogens is 6. The molecule has 3 N–H and O–H groups in total. The van der Waals surface area contributed by atoms with Crippen LogP contribution in [-0.2, 0) is 6.18 Å². The molecule has 1 unspecified atom stereocenters. The van der Waals surface area contributed by atoms with Crippen LogP contribution in [0.15, 0.2) is 42.1 Å². The maximum absolute atomic E-state index is 13.6. The maximum atomic E-state index is 13.6. The molecule has 1 atom stereocenters. The van der Waals surface area contributed by atoms with Crippen LogP contribution in [0.25, 0.3) is 11.1 Å². The third kappa shape index (κ3) is 5.02. The molecule has 0 radical (unpaired) electrons. The summed E-state index contributed by atoms with van der Waals surface area (Å²) < 4.78 is 71.9. The first-order valence-corrected chi connectivity index (χ1v) is 9.19. The van der Waals surface area contributed by atoms with Gasteiger partial charge in [-0.2, -0.15) is 22.0 Å². The summed E-state index contributed by atoms with van der Waals surface area (Å²) in [6.07, 6.45) is -3.93. The SMILES string of the molecule is CN/C(=C\C(=N)c1ccc(OC)c(-c2ccc(Cl)c(C(F)(F)F)c2)c1O)C(F)(F)P. The first kappa shape index (κ1) is 23.9. The standard InChI is InChI=1S/C19H17ClF5N2O2P/c1-27-15(19(24,25)30)8-13(26)10-4-6-14(29-2)16(17(10)28)9-3-5-12(20)11(7-9)18(21,22)23/h3-8,26-28H,30H2,1-2H3/b15-8-,26-13?. The van der Waals surface area contributed by atoms with Gasteiger partial charge < -0.3 is 20.6 Å². The summed E-state index contributed by atoms with van der Waals surface area (Å²) in [6, 6.07) is 5.55. The van der Waals surface area contributed by atoms with Crippen LogP contribution in [0.2, 0.25) is 5.02 Å². The quantitative estimate of drug-likeness (QED) is 0.291. The van der Waals surface area contributed by atoms with Gasteiger partial charge in [0.1, 0.15) is 11.5 Å². The van der Waals surface area contributed by atoms with Gasteiger partial charge in [-0.15, -0.1) is 0 Å². The number of rotatable bonds is 6. The zero-order valence-corrected chi connectivity index (χ0v) is 17.6. The predicted octanol–water partition coefficient (Wildman–Crippen LogP) is 5.68. The number of allylic oxidation sites excluding steroid dienone is 2. The van der Waals surface area contributed by atoms with E-state index in [1.54, 1.807) is 0 Å². The van der Waals surface area contributed by atoms with Crippen molar-refractivity contribution in [1.29, 1.82) is 5.41 Å². The second-order valence-corrected chi connectivity index (χ2v) is 7.21. The lowest BCUT2D eigenvalue weighted by Crippen LogP contribution is -2.22. The summed E-state index contributed by atoms with van der Waals surface area (Å²) in [5.74, 6) is -0.581. The summed E-state index contributed by atoms with van der Waals surface area (Å²) in [4.78, 5) is 0. The molecule has 0 fully saturated rings. The van der Waals surface area contributed by atoms with Gasteiger partial charge in [0.15, 0.2) is 0 Å². The van der Waals surface area contributed by atoms with E-state index in [1.807, 2.05) is 0 Å². The van der Waals surface area contributed by atoms with Crippen molar-refractivity contribution < 1.29 is 31.8 Å². The molecular weight excluding hydrogens is 450 g/mol. The molecular formula is C19H17ClF5N2O2P. The van der Waals surface area contributed by atoms with Crippen LogP contribution in [0, 0.1) is 5.41 Å². The monoisotopic (exact) mass is 466 g/mol. The van der Waals surface area contributed by atoms with Crippen LogP contribution in [0.5, 0.6) is 11.5 Å². The third-order valence-electron chi connectivity index (χ3n) is 4.13. The molecule has 0 aliphatic carbocycles. The highest BCUT2D eigenvalue weighted by Gasteiger charge is 2.34. The number of aromatic hydroxyl groups is 1. The highest BCUT2D eigenvalue weighted by atomic mass is 35.5. The molecule has 0 saturated heterocycles. The Morgan fingerprint density at radius 2 is 1.83 bits per heavy atom. The molecule has 0 saturated carbocycles. The van der Waals surface area contributed by atoms with Crippen LogP contribution in [0.3, 0.4) is 0 Å². The molecule has 0 spiro atoms. The second-order valence-electron chi connectivity index (χ2n) is 6.08. The number of nitrogens with one attached hydrogen (secondary N) is 2. The lowest BCUT2D eigenvalue weighted by atomic mass is 9.96. The topological polar surface area (TPSA) is 65.3 Å². The van der Waals surface area contributed by atoms with Crippen LogP contribution >= 0.6 is 20.8 Å². The number of phenolic OH excluding ortho intramolecular Hbond substituents is 1. The first-order chi connectivity index (χ1) is 13.8. The summed E-state index contributed by atoms with van der Waals surface area (Å²) in [5, 5.41) is 20.5. The highest BCUT2D eigenvalue weighted by molar-refractivity contribution is 7.18. The van der Waals surface area contributed by atoms with Crippen molar-refractivity contribution in [2.75, 3.05) is 14.2 Å². The van der Waals surface area contributed by atoms with Gasteiger partial charge in [-0.3, -0.25) is 0 Å². The van der Waals surface area contributed by atoms with E-state index in [9.17, 15) is 27.1 Å². The molecule has 0 aliphatic heterocycles. The van der Waals surface area contributed by atoms with E-state index >= 15 is 0 Å². The molecule has 162 valence electrons. The van der Waals surface area contributed by atoms with Crippen LogP contribution in [0.4, 0.5) is 22.0 Å². The normalized spacial score (nSPS) is 12.6. The second kappa shape index (κ2) is 8.78. The van der Waals surface area contributed by atoms with Gasteiger partial charge in [0.05, 0.1) is 34.7 Å². The average molecular weight is 467 g/mol. The number of alkyl halides is 5. The molecule has 0 bridgehead atoms. The Kier molecular flexibility index (Phi) is 6.99. The Labute approximate surface area is 176 Å². The van der Waals surface area contributed by atoms with Crippen molar-refractivity contribution >= 4 is 26.6 Å². The summed E-state index contributed by atoms with van der Waals surface area (Å²) >= 11 is 5.64. The van der Waals surface area contributed by atoms with Gasteiger partial charge in [0, 0.05) is 12.6 Å². The number of phenols is 1. The molecule has 0 aliphatic rings. The minimum absolute atomic E-state index is 0.0219. The Hall–Kier alpha value is -2.38. The summed E-state index contributed by atoms with van der Waals surface area (Å²) in [6.45, 7) is 0. The Morgan fingerprint density at radius 3 is 2.33 bits per heavy atom. The third-order valence-corrected chi connectivity index (χ3v) is 4.77. The molecule has 2 aromatic carbocycles. The predicted molar refractivity (Wildman–Crippen MR) is 109 cm³/mol. The van der Waals surface area contributed by atoms with Gasteiger partial charge in [0.2, 0.25) is 0 Å². The average Bonchev–Trinajstić information content (AvgIpc) is 2.64. The maximum Gasteiger partial charge on any atom is 0.417 e. The number of hydrogen-bond donors (Lipinski definition) is 3. The molecule has 0 heterocycles. The van der Waals surface area contributed by atoms with Crippen molar-refractivity contribution in [3.05, 3.63) is 58.3 Å². The summed E-state index contributed by atoms with van der Waals surface area (Å²) in [5.41, 5.74) is -5.99. The van der Waals surface area contributed by atoms with E-state index in [2.05, 4.69) is 5.32 Å². The van der Waals surface area contributed by atoms with Gasteiger partial charge >= 0.3 is 6.18 Å². The van der Waals surface area contributed by atoms with Crippen molar-refractivity contribution in [1.82, 2.24) is 5.32 Å². The van der Waals surface area contributed by atoms with Crippen molar-refractivity contribution in [2.45, 2.75) is 11.8 Å². The Balaban J connectivity index is 2.69. The van der Waals surface area contributed by atoms with Gasteiger partial charge in [0.25, 0.3) is 5.66 Å². The smallest absolute Gasteiger partial charge is 0.417 e. The zero-order valence-electron chi connectivity index (χ0n) is 15.7. The van der Waals surface area contributed by atoms with E-state index < -0.39 is 39.6 Å². The fourth-order valence-electron chi connectivity index (χ4n) is 2.69. The fraction of sp³-hybridized carbons (Fsp3) is 0.211. The van der Waals surface area contributed by atoms with Crippen LogP contribution < -0.4 is 10.1 Å². The Morgan fingerprint density at radius 1 is 1.20 bits per heavy atom. The number of benzene rings is 2. The highest BCUT2D eigenvalue weighted by Crippen LogP contribution is 2.44. The van der Waals surface area contributed by atoms with Gasteiger partial charge in [-0.1, -0.05) is 26.9 Å². The number of hydrogen-bond acceptors (Lipinski definition) is 4. The van der Waals surface area contributed by atoms with Gasteiger partial charge in [-0.25, -0.2) is 0 Å². The lowest BCUT2D eigenvalue weighted by Gasteiger charge is -2.18. The van der Waals surface area contributed by atoms with Crippen molar-refractivity contribution in [2.24, 2.45) is 0 Å². The molecule has 2 aromatic rings. The minimum Gasteiger partial charge on any atom is -0.506 e. The van der Waals surface area contributed by atoms with E-state index in [4.69, 9.17) is 21.7 Å². The molecule has 4 nitrogen and oxygen atoms in total. The number of methoxy groups -OCH3 is 1. The number of ether oxygens (including phenoxy) is 1. The molecule has 0 amide bonds. The largest absolute Gasteiger partial charge is 0.506 e. The molecule has 0 aromatic heterocycles. The van der Waals surface area contributed by atoms with E-state index in [0.29, 0.717) is 0 Å². The van der Waals surface area contributed by atoms with Gasteiger partial charge in [-0.05, 0) is 35.9 Å². The minimum atomic E-state index is -4.74. The summed E-state index contributed by atoms with van der Waals surface area (Å²) in [7, 11) is 3.80. The van der Waals surface area contributed by atoms with Crippen molar-refractivity contribution in [3.8, 4) is 22.6 Å². The fourth-order valence-corrected chi connectivity index (χ4v) is 3.15.